The number of amides is 1. The van der Waals surface area contributed by atoms with Crippen molar-refractivity contribution in [3.63, 3.8) is 0 Å². The molecule has 3 heterocycles. The average molecular weight is 390 g/mol. The van der Waals surface area contributed by atoms with Crippen LogP contribution >= 0.6 is 0 Å². The molecule has 6 nitrogen and oxygen atoms in total. The molecule has 150 valence electrons. The van der Waals surface area contributed by atoms with E-state index in [0.717, 1.165) is 43.6 Å². The first kappa shape index (κ1) is 19.3. The molecule has 1 unspecified atom stereocenters. The van der Waals surface area contributed by atoms with Gasteiger partial charge in [0.05, 0.1) is 17.9 Å². The Hall–Kier alpha value is -2.99. The van der Waals surface area contributed by atoms with E-state index in [2.05, 4.69) is 15.3 Å². The average Bonchev–Trinajstić information content (AvgIpc) is 2.97. The summed E-state index contributed by atoms with van der Waals surface area (Å²) in [6, 6.07) is 15.6. The van der Waals surface area contributed by atoms with Gasteiger partial charge in [0.1, 0.15) is 0 Å². The minimum Gasteiger partial charge on any atom is -0.431 e. The molecular weight excluding hydrogens is 364 g/mol. The molecule has 0 spiro atoms. The van der Waals surface area contributed by atoms with Gasteiger partial charge in [-0.15, -0.1) is 0 Å². The van der Waals surface area contributed by atoms with Crippen molar-refractivity contribution in [1.82, 2.24) is 20.2 Å². The van der Waals surface area contributed by atoms with E-state index in [4.69, 9.17) is 4.42 Å². The zero-order valence-electron chi connectivity index (χ0n) is 16.7. The monoisotopic (exact) mass is 390 g/mol. The van der Waals surface area contributed by atoms with E-state index >= 15 is 0 Å². The highest BCUT2D eigenvalue weighted by molar-refractivity contribution is 5.93. The third kappa shape index (κ3) is 4.54. The van der Waals surface area contributed by atoms with Crippen LogP contribution in [-0.4, -0.2) is 39.9 Å². The summed E-state index contributed by atoms with van der Waals surface area (Å²) in [7, 11) is 0. The molecule has 1 amide bonds. The van der Waals surface area contributed by atoms with Crippen LogP contribution in [-0.2, 0) is 6.54 Å². The number of nitrogens with one attached hydrogen (secondary N) is 1. The summed E-state index contributed by atoms with van der Waals surface area (Å²) in [5, 5.41) is 3.42. The SMILES string of the molecule is Cc1nc(-c2ccccc2)oc1C(=O)N(Cc1ccccn1)C1CCCNCC1. The van der Waals surface area contributed by atoms with E-state index < -0.39 is 0 Å². The van der Waals surface area contributed by atoms with E-state index in [0.29, 0.717) is 23.9 Å². The maximum absolute atomic E-state index is 13.6. The van der Waals surface area contributed by atoms with E-state index in [1.165, 1.54) is 0 Å². The number of aryl methyl sites for hydroxylation is 1. The zero-order chi connectivity index (χ0) is 20.1. The fourth-order valence-electron chi connectivity index (χ4n) is 3.77. The van der Waals surface area contributed by atoms with Crippen LogP contribution in [0.5, 0.6) is 0 Å². The highest BCUT2D eigenvalue weighted by Gasteiger charge is 2.30. The number of aromatic nitrogens is 2. The van der Waals surface area contributed by atoms with Gasteiger partial charge >= 0.3 is 0 Å². The molecule has 0 radical (unpaired) electrons. The number of carbonyl (C=O) groups is 1. The van der Waals surface area contributed by atoms with Gasteiger partial charge in [-0.1, -0.05) is 24.3 Å². The van der Waals surface area contributed by atoms with Crippen LogP contribution in [0.3, 0.4) is 0 Å². The smallest absolute Gasteiger partial charge is 0.292 e. The molecule has 0 saturated carbocycles. The molecule has 1 atom stereocenters. The summed E-state index contributed by atoms with van der Waals surface area (Å²) in [4.78, 5) is 24.4. The summed E-state index contributed by atoms with van der Waals surface area (Å²) >= 11 is 0. The standard InChI is InChI=1S/C23H26N4O2/c1-17-21(29-22(26-17)18-8-3-2-4-9-18)23(28)27(16-19-10-5-6-14-25-19)20-11-7-13-24-15-12-20/h2-6,8-10,14,20,24H,7,11-13,15-16H2,1H3. The van der Waals surface area contributed by atoms with Crippen LogP contribution in [0, 0.1) is 6.92 Å². The van der Waals surface area contributed by atoms with Gasteiger partial charge in [-0.2, -0.15) is 0 Å². The minimum absolute atomic E-state index is 0.116. The highest BCUT2D eigenvalue weighted by atomic mass is 16.4. The van der Waals surface area contributed by atoms with Crippen molar-refractivity contribution in [3.05, 3.63) is 71.9 Å². The molecule has 1 fully saturated rings. The molecule has 1 saturated heterocycles. The van der Waals surface area contributed by atoms with Gasteiger partial charge in [0.25, 0.3) is 5.91 Å². The van der Waals surface area contributed by atoms with Gasteiger partial charge in [-0.05, 0) is 63.5 Å². The van der Waals surface area contributed by atoms with Gasteiger partial charge in [0.15, 0.2) is 0 Å². The van der Waals surface area contributed by atoms with Crippen LogP contribution in [0.1, 0.15) is 41.2 Å². The summed E-state index contributed by atoms with van der Waals surface area (Å²) < 4.78 is 5.96. The predicted molar refractivity (Wildman–Crippen MR) is 111 cm³/mol. The Labute approximate surface area is 171 Å². The third-order valence-corrected chi connectivity index (χ3v) is 5.32. The Kier molecular flexibility index (Phi) is 6.00. The second-order valence-electron chi connectivity index (χ2n) is 7.39. The Balaban J connectivity index is 1.64. The Bertz CT molecular complexity index is 932. The fraction of sp³-hybridized carbons (Fsp3) is 0.348. The second kappa shape index (κ2) is 9.01. The van der Waals surface area contributed by atoms with Crippen molar-refractivity contribution < 1.29 is 9.21 Å². The third-order valence-electron chi connectivity index (χ3n) is 5.32. The van der Waals surface area contributed by atoms with Crippen molar-refractivity contribution in [2.75, 3.05) is 13.1 Å². The fourth-order valence-corrected chi connectivity index (χ4v) is 3.77. The highest BCUT2D eigenvalue weighted by Crippen LogP contribution is 2.25. The first-order chi connectivity index (χ1) is 14.2. The normalized spacial score (nSPS) is 16.9. The maximum Gasteiger partial charge on any atom is 0.292 e. The van der Waals surface area contributed by atoms with Gasteiger partial charge in [-0.25, -0.2) is 4.98 Å². The van der Waals surface area contributed by atoms with Crippen LogP contribution in [0.4, 0.5) is 0 Å². The number of hydrogen-bond acceptors (Lipinski definition) is 5. The molecule has 29 heavy (non-hydrogen) atoms. The molecule has 3 aromatic rings. The van der Waals surface area contributed by atoms with Gasteiger partial charge in [-0.3, -0.25) is 9.78 Å². The van der Waals surface area contributed by atoms with E-state index in [1.807, 2.05) is 60.4 Å². The Morgan fingerprint density at radius 3 is 2.76 bits per heavy atom. The lowest BCUT2D eigenvalue weighted by Gasteiger charge is -2.30. The molecule has 1 aliphatic heterocycles. The summed E-state index contributed by atoms with van der Waals surface area (Å²) in [5.41, 5.74) is 2.36. The molecule has 2 aromatic heterocycles. The summed E-state index contributed by atoms with van der Waals surface area (Å²) in [6.07, 6.45) is 4.68. The number of nitrogens with zero attached hydrogens (tertiary/aromatic N) is 3. The number of rotatable bonds is 5. The molecule has 4 rings (SSSR count). The maximum atomic E-state index is 13.6. The van der Waals surface area contributed by atoms with Crippen molar-refractivity contribution in [3.8, 4) is 11.5 Å². The van der Waals surface area contributed by atoms with Gasteiger partial charge in [0, 0.05) is 17.8 Å². The van der Waals surface area contributed by atoms with Crippen LogP contribution in [0.2, 0.25) is 0 Å². The molecule has 0 bridgehead atoms. The van der Waals surface area contributed by atoms with E-state index in [1.54, 1.807) is 6.20 Å². The van der Waals surface area contributed by atoms with Crippen molar-refractivity contribution in [2.24, 2.45) is 0 Å². The Morgan fingerprint density at radius 2 is 1.97 bits per heavy atom. The lowest BCUT2D eigenvalue weighted by Crippen LogP contribution is -2.40. The number of oxazole rings is 1. The van der Waals surface area contributed by atoms with Crippen molar-refractivity contribution >= 4 is 5.91 Å². The number of pyridine rings is 1. The second-order valence-corrected chi connectivity index (χ2v) is 7.39. The molecule has 1 N–H and O–H groups in total. The van der Waals surface area contributed by atoms with Gasteiger partial charge < -0.3 is 14.6 Å². The van der Waals surface area contributed by atoms with Crippen LogP contribution < -0.4 is 5.32 Å². The number of benzene rings is 1. The summed E-state index contributed by atoms with van der Waals surface area (Å²) in [6.45, 7) is 4.19. The molecule has 1 aromatic carbocycles. The predicted octanol–water partition coefficient (Wildman–Crippen LogP) is 3.83. The topological polar surface area (TPSA) is 71.3 Å². The minimum atomic E-state index is -0.116. The van der Waals surface area contributed by atoms with E-state index in [-0.39, 0.29) is 11.9 Å². The van der Waals surface area contributed by atoms with Gasteiger partial charge in [0.2, 0.25) is 11.7 Å². The largest absolute Gasteiger partial charge is 0.431 e. The number of carbonyl (C=O) groups excluding carboxylic acids is 1. The van der Waals surface area contributed by atoms with E-state index in [9.17, 15) is 4.79 Å². The van der Waals surface area contributed by atoms with Crippen molar-refractivity contribution in [1.29, 1.82) is 0 Å². The quantitative estimate of drug-likeness (QED) is 0.717. The van der Waals surface area contributed by atoms with Crippen LogP contribution in [0.15, 0.2) is 59.1 Å². The lowest BCUT2D eigenvalue weighted by atomic mass is 10.1. The zero-order valence-corrected chi connectivity index (χ0v) is 16.7. The molecule has 6 heteroatoms. The van der Waals surface area contributed by atoms with Crippen LogP contribution in [0.25, 0.3) is 11.5 Å². The van der Waals surface area contributed by atoms with Crippen molar-refractivity contribution in [2.45, 2.75) is 38.8 Å². The first-order valence-electron chi connectivity index (χ1n) is 10.2. The first-order valence-corrected chi connectivity index (χ1v) is 10.2. The summed E-state index contributed by atoms with van der Waals surface area (Å²) in [5.74, 6) is 0.679. The lowest BCUT2D eigenvalue weighted by molar-refractivity contribution is 0.0609. The number of hydrogen-bond donors (Lipinski definition) is 1. The molecule has 0 aliphatic carbocycles. The molecular formula is C23H26N4O2. The Morgan fingerprint density at radius 1 is 1.14 bits per heavy atom. The molecule has 1 aliphatic rings.